The highest BCUT2D eigenvalue weighted by atomic mass is 32.2. The fourth-order valence-electron chi connectivity index (χ4n) is 2.36. The third kappa shape index (κ3) is 3.94. The van der Waals surface area contributed by atoms with Crippen molar-refractivity contribution in [2.75, 3.05) is 0 Å². The van der Waals surface area contributed by atoms with E-state index >= 15 is 0 Å². The summed E-state index contributed by atoms with van der Waals surface area (Å²) in [4.78, 5) is 24.2. The van der Waals surface area contributed by atoms with Crippen molar-refractivity contribution in [3.63, 3.8) is 0 Å². The van der Waals surface area contributed by atoms with E-state index in [1.807, 2.05) is 25.1 Å². The Bertz CT molecular complexity index is 795. The zero-order valence-corrected chi connectivity index (χ0v) is 14.6. The molecule has 0 spiro atoms. The number of thioether (sulfide) groups is 1. The summed E-state index contributed by atoms with van der Waals surface area (Å²) in [7, 11) is 0. The van der Waals surface area contributed by atoms with Crippen LogP contribution in [0.4, 0.5) is 0 Å². The number of aromatic amines is 1. The molecule has 2 N–H and O–H groups in total. The summed E-state index contributed by atoms with van der Waals surface area (Å²) in [6.07, 6.45) is 4.19. The SMILES string of the molecule is CC[C@H](Sc1nc2ccncc2[nH]1)C(=O)NCc1ccc(C)cc1. The maximum Gasteiger partial charge on any atom is 0.233 e. The molecule has 0 fully saturated rings. The highest BCUT2D eigenvalue weighted by molar-refractivity contribution is 8.00. The second kappa shape index (κ2) is 7.49. The van der Waals surface area contributed by atoms with Gasteiger partial charge in [0.2, 0.25) is 5.91 Å². The van der Waals surface area contributed by atoms with Gasteiger partial charge in [0.25, 0.3) is 0 Å². The summed E-state index contributed by atoms with van der Waals surface area (Å²) in [6, 6.07) is 10.0. The third-order valence-corrected chi connectivity index (χ3v) is 5.01. The Morgan fingerprint density at radius 3 is 2.79 bits per heavy atom. The number of carbonyl (C=O) groups excluding carboxylic acids is 1. The number of H-pyrrole nitrogens is 1. The average Bonchev–Trinajstić information content (AvgIpc) is 3.01. The number of aromatic nitrogens is 3. The van der Waals surface area contributed by atoms with Crippen LogP contribution in [-0.2, 0) is 11.3 Å². The molecule has 0 aliphatic heterocycles. The summed E-state index contributed by atoms with van der Waals surface area (Å²) in [6.45, 7) is 4.60. The number of carbonyl (C=O) groups is 1. The van der Waals surface area contributed by atoms with E-state index in [2.05, 4.69) is 39.3 Å². The van der Waals surface area contributed by atoms with Crippen LogP contribution in [0.15, 0.2) is 47.9 Å². The maximum absolute atomic E-state index is 12.4. The lowest BCUT2D eigenvalue weighted by Crippen LogP contribution is -2.31. The minimum atomic E-state index is -0.177. The normalized spacial score (nSPS) is 12.2. The fraction of sp³-hybridized carbons (Fsp3) is 0.278. The van der Waals surface area contributed by atoms with Gasteiger partial charge >= 0.3 is 0 Å². The molecule has 0 aliphatic rings. The summed E-state index contributed by atoms with van der Waals surface area (Å²) < 4.78 is 0. The largest absolute Gasteiger partial charge is 0.351 e. The van der Waals surface area contributed by atoms with Crippen LogP contribution in [0.5, 0.6) is 0 Å². The Balaban J connectivity index is 1.62. The number of pyridine rings is 1. The standard InChI is InChI=1S/C18H20N4OS/c1-3-16(17(23)20-10-13-6-4-12(2)5-7-13)24-18-21-14-8-9-19-11-15(14)22-18/h4-9,11,16H,3,10H2,1-2H3,(H,20,23)(H,21,22)/t16-/m0/s1. The molecule has 3 rings (SSSR count). The van der Waals surface area contributed by atoms with Gasteiger partial charge in [-0.15, -0.1) is 0 Å². The molecular weight excluding hydrogens is 320 g/mol. The zero-order valence-electron chi connectivity index (χ0n) is 13.7. The van der Waals surface area contributed by atoms with Gasteiger partial charge in [0, 0.05) is 12.7 Å². The van der Waals surface area contributed by atoms with Crippen LogP contribution in [0.1, 0.15) is 24.5 Å². The second-order valence-electron chi connectivity index (χ2n) is 5.65. The Morgan fingerprint density at radius 1 is 1.29 bits per heavy atom. The molecule has 2 heterocycles. The number of benzene rings is 1. The minimum absolute atomic E-state index is 0.0293. The Hall–Kier alpha value is -2.34. The first-order valence-electron chi connectivity index (χ1n) is 7.95. The van der Waals surface area contributed by atoms with Gasteiger partial charge in [-0.05, 0) is 25.0 Å². The zero-order chi connectivity index (χ0) is 16.9. The number of amides is 1. The van der Waals surface area contributed by atoms with Gasteiger partial charge in [0.1, 0.15) is 0 Å². The lowest BCUT2D eigenvalue weighted by molar-refractivity contribution is -0.120. The number of hydrogen-bond donors (Lipinski definition) is 2. The number of imidazole rings is 1. The van der Waals surface area contributed by atoms with Crippen molar-refractivity contribution in [1.82, 2.24) is 20.3 Å². The van der Waals surface area contributed by atoms with Crippen LogP contribution in [0.25, 0.3) is 11.0 Å². The van der Waals surface area contributed by atoms with E-state index in [0.717, 1.165) is 28.2 Å². The Kier molecular flexibility index (Phi) is 5.15. The maximum atomic E-state index is 12.4. The second-order valence-corrected chi connectivity index (χ2v) is 6.84. The van der Waals surface area contributed by atoms with E-state index in [-0.39, 0.29) is 11.2 Å². The molecule has 6 heteroatoms. The lowest BCUT2D eigenvalue weighted by Gasteiger charge is -2.13. The molecule has 0 saturated carbocycles. The summed E-state index contributed by atoms with van der Waals surface area (Å²) in [5.74, 6) is 0.0293. The van der Waals surface area contributed by atoms with Crippen molar-refractivity contribution in [2.24, 2.45) is 0 Å². The number of fused-ring (bicyclic) bond motifs is 1. The Morgan fingerprint density at radius 2 is 2.08 bits per heavy atom. The predicted octanol–water partition coefficient (Wildman–Crippen LogP) is 3.45. The molecule has 0 saturated heterocycles. The predicted molar refractivity (Wildman–Crippen MR) is 96.9 cm³/mol. The highest BCUT2D eigenvalue weighted by Gasteiger charge is 2.19. The fourth-order valence-corrected chi connectivity index (χ4v) is 3.30. The van der Waals surface area contributed by atoms with Crippen LogP contribution >= 0.6 is 11.8 Å². The van der Waals surface area contributed by atoms with Crippen molar-refractivity contribution in [2.45, 2.75) is 37.2 Å². The summed E-state index contributed by atoms with van der Waals surface area (Å²) in [5.41, 5.74) is 4.06. The number of nitrogens with zero attached hydrogens (tertiary/aromatic N) is 2. The first-order valence-corrected chi connectivity index (χ1v) is 8.83. The van der Waals surface area contributed by atoms with Gasteiger partial charge in [-0.25, -0.2) is 4.98 Å². The van der Waals surface area contributed by atoms with Gasteiger partial charge in [0.15, 0.2) is 5.16 Å². The van der Waals surface area contributed by atoms with Gasteiger partial charge in [0.05, 0.1) is 22.5 Å². The molecule has 124 valence electrons. The number of nitrogens with one attached hydrogen (secondary N) is 2. The van der Waals surface area contributed by atoms with Gasteiger partial charge in [-0.2, -0.15) is 0 Å². The third-order valence-electron chi connectivity index (χ3n) is 3.77. The molecule has 1 aromatic carbocycles. The van der Waals surface area contributed by atoms with E-state index in [0.29, 0.717) is 6.54 Å². The first-order chi connectivity index (χ1) is 11.7. The number of rotatable bonds is 6. The van der Waals surface area contributed by atoms with Gasteiger partial charge < -0.3 is 10.3 Å². The van der Waals surface area contributed by atoms with Crippen LogP contribution in [0.2, 0.25) is 0 Å². The van der Waals surface area contributed by atoms with E-state index in [9.17, 15) is 4.79 Å². The Labute approximate surface area is 145 Å². The molecule has 0 unspecified atom stereocenters. The first kappa shape index (κ1) is 16.5. The molecule has 24 heavy (non-hydrogen) atoms. The van der Waals surface area contributed by atoms with Gasteiger partial charge in [-0.1, -0.05) is 48.5 Å². The summed E-state index contributed by atoms with van der Waals surface area (Å²) in [5, 5.41) is 3.58. The molecule has 0 radical (unpaired) electrons. The quantitative estimate of drug-likeness (QED) is 0.674. The molecule has 5 nitrogen and oxygen atoms in total. The molecule has 0 bridgehead atoms. The lowest BCUT2D eigenvalue weighted by atomic mass is 10.1. The van der Waals surface area contributed by atoms with E-state index in [1.54, 1.807) is 12.4 Å². The monoisotopic (exact) mass is 340 g/mol. The topological polar surface area (TPSA) is 70.7 Å². The smallest absolute Gasteiger partial charge is 0.233 e. The van der Waals surface area contributed by atoms with Crippen LogP contribution in [0.3, 0.4) is 0 Å². The van der Waals surface area contributed by atoms with Crippen molar-refractivity contribution in [3.05, 3.63) is 53.9 Å². The van der Waals surface area contributed by atoms with Gasteiger partial charge in [-0.3, -0.25) is 9.78 Å². The molecule has 3 aromatic rings. The number of hydrogen-bond acceptors (Lipinski definition) is 4. The molecule has 1 atom stereocenters. The van der Waals surface area contributed by atoms with E-state index in [4.69, 9.17) is 0 Å². The van der Waals surface area contributed by atoms with Crippen molar-refractivity contribution in [1.29, 1.82) is 0 Å². The van der Waals surface area contributed by atoms with Crippen molar-refractivity contribution in [3.8, 4) is 0 Å². The van der Waals surface area contributed by atoms with Crippen molar-refractivity contribution < 1.29 is 4.79 Å². The highest BCUT2D eigenvalue weighted by Crippen LogP contribution is 2.25. The van der Waals surface area contributed by atoms with Crippen LogP contribution in [0, 0.1) is 6.92 Å². The minimum Gasteiger partial charge on any atom is -0.351 e. The molecule has 0 aliphatic carbocycles. The average molecular weight is 340 g/mol. The molecular formula is C18H20N4OS. The molecule has 1 amide bonds. The number of aryl methyl sites for hydroxylation is 1. The summed E-state index contributed by atoms with van der Waals surface area (Å²) >= 11 is 1.45. The van der Waals surface area contributed by atoms with Crippen LogP contribution in [-0.4, -0.2) is 26.1 Å². The van der Waals surface area contributed by atoms with E-state index in [1.165, 1.54) is 17.3 Å². The van der Waals surface area contributed by atoms with E-state index < -0.39 is 0 Å². The van der Waals surface area contributed by atoms with Crippen LogP contribution < -0.4 is 5.32 Å². The molecule has 2 aromatic heterocycles. The van der Waals surface area contributed by atoms with Crippen molar-refractivity contribution >= 4 is 28.7 Å².